The van der Waals surface area contributed by atoms with Crippen molar-refractivity contribution >= 4 is 10.0 Å². The third kappa shape index (κ3) is 3.20. The summed E-state index contributed by atoms with van der Waals surface area (Å²) >= 11 is 0. The summed E-state index contributed by atoms with van der Waals surface area (Å²) < 4.78 is 27.8. The molecule has 0 heterocycles. The Morgan fingerprint density at radius 3 is 2.00 bits per heavy atom. The molecular formula is C15H28N2O2S. The maximum atomic E-state index is 12.3. The SMILES string of the molecule is CC(C)NCCS(=O)(=O)NC12CC3CC(CC(C3)C1)C2. The Morgan fingerprint density at radius 2 is 1.55 bits per heavy atom. The number of hydrogen-bond acceptors (Lipinski definition) is 3. The van der Waals surface area contributed by atoms with Crippen LogP contribution in [0.2, 0.25) is 0 Å². The fourth-order valence-corrected chi connectivity index (χ4v) is 6.50. The third-order valence-corrected chi connectivity index (χ3v) is 6.82. The molecule has 0 atom stereocenters. The molecule has 0 aromatic heterocycles. The molecule has 0 aromatic carbocycles. The van der Waals surface area contributed by atoms with Crippen LogP contribution >= 0.6 is 0 Å². The molecule has 4 aliphatic rings. The van der Waals surface area contributed by atoms with Crippen molar-refractivity contribution in [3.63, 3.8) is 0 Å². The van der Waals surface area contributed by atoms with E-state index < -0.39 is 10.0 Å². The van der Waals surface area contributed by atoms with Crippen LogP contribution in [-0.2, 0) is 10.0 Å². The second-order valence-electron chi connectivity index (χ2n) is 7.73. The first-order valence-electron chi connectivity index (χ1n) is 8.11. The van der Waals surface area contributed by atoms with Crippen molar-refractivity contribution in [2.45, 2.75) is 64.0 Å². The second kappa shape index (κ2) is 5.25. The van der Waals surface area contributed by atoms with Crippen LogP contribution < -0.4 is 10.0 Å². The van der Waals surface area contributed by atoms with E-state index in [1.165, 1.54) is 19.3 Å². The van der Waals surface area contributed by atoms with Gasteiger partial charge in [-0.2, -0.15) is 0 Å². The maximum Gasteiger partial charge on any atom is 0.213 e. The van der Waals surface area contributed by atoms with Gasteiger partial charge in [-0.3, -0.25) is 0 Å². The first-order chi connectivity index (χ1) is 9.36. The average Bonchev–Trinajstić information content (AvgIpc) is 2.23. The quantitative estimate of drug-likeness (QED) is 0.787. The standard InChI is InChI=1S/C15H28N2O2S/c1-11(2)16-3-4-20(18,19)17-15-8-12-5-13(9-15)7-14(6-12)10-15/h11-14,16-17H,3-10H2,1-2H3. The van der Waals surface area contributed by atoms with Crippen molar-refractivity contribution in [3.8, 4) is 0 Å². The predicted octanol–water partition coefficient (Wildman–Crippen LogP) is 1.87. The van der Waals surface area contributed by atoms with Gasteiger partial charge >= 0.3 is 0 Å². The summed E-state index contributed by atoms with van der Waals surface area (Å²) in [4.78, 5) is 0. The van der Waals surface area contributed by atoms with E-state index in [1.54, 1.807) is 0 Å². The average molecular weight is 300 g/mol. The highest BCUT2D eigenvalue weighted by molar-refractivity contribution is 7.89. The highest BCUT2D eigenvalue weighted by atomic mass is 32.2. The lowest BCUT2D eigenvalue weighted by atomic mass is 9.53. The maximum absolute atomic E-state index is 12.3. The minimum Gasteiger partial charge on any atom is -0.313 e. The van der Waals surface area contributed by atoms with Gasteiger partial charge in [-0.25, -0.2) is 13.1 Å². The van der Waals surface area contributed by atoms with Crippen molar-refractivity contribution in [1.82, 2.24) is 10.0 Å². The van der Waals surface area contributed by atoms with E-state index in [0.29, 0.717) is 12.6 Å². The summed E-state index contributed by atoms with van der Waals surface area (Å²) in [5, 5.41) is 3.19. The summed E-state index contributed by atoms with van der Waals surface area (Å²) in [6, 6.07) is 0.338. The Kier molecular flexibility index (Phi) is 3.89. The number of rotatable bonds is 6. The smallest absolute Gasteiger partial charge is 0.213 e. The highest BCUT2D eigenvalue weighted by Crippen LogP contribution is 2.55. The zero-order valence-electron chi connectivity index (χ0n) is 12.7. The molecule has 4 aliphatic carbocycles. The van der Waals surface area contributed by atoms with Crippen LogP contribution in [0.1, 0.15) is 52.4 Å². The van der Waals surface area contributed by atoms with Gasteiger partial charge in [-0.15, -0.1) is 0 Å². The van der Waals surface area contributed by atoms with Gasteiger partial charge < -0.3 is 5.32 Å². The molecule has 0 radical (unpaired) electrons. The lowest BCUT2D eigenvalue weighted by Gasteiger charge is -2.56. The molecular weight excluding hydrogens is 272 g/mol. The van der Waals surface area contributed by atoms with Gasteiger partial charge in [-0.05, 0) is 56.3 Å². The van der Waals surface area contributed by atoms with E-state index >= 15 is 0 Å². The fraction of sp³-hybridized carbons (Fsp3) is 1.00. The molecule has 4 saturated carbocycles. The summed E-state index contributed by atoms with van der Waals surface area (Å²) in [5.41, 5.74) is -0.0919. The lowest BCUT2D eigenvalue weighted by molar-refractivity contribution is -0.00809. The highest BCUT2D eigenvalue weighted by Gasteiger charge is 2.52. The lowest BCUT2D eigenvalue weighted by Crippen LogP contribution is -2.60. The zero-order chi connectivity index (χ0) is 14.4. The first kappa shape index (κ1) is 14.8. The summed E-state index contributed by atoms with van der Waals surface area (Å²) in [6.45, 7) is 4.62. The molecule has 0 spiro atoms. The van der Waals surface area contributed by atoms with Gasteiger partial charge in [0.15, 0.2) is 0 Å². The molecule has 0 saturated heterocycles. The minimum absolute atomic E-state index is 0.0919. The Bertz CT molecular complexity index is 423. The topological polar surface area (TPSA) is 58.2 Å². The molecule has 4 rings (SSSR count). The first-order valence-corrected chi connectivity index (χ1v) is 9.76. The van der Waals surface area contributed by atoms with Gasteiger partial charge in [-0.1, -0.05) is 13.8 Å². The zero-order valence-corrected chi connectivity index (χ0v) is 13.5. The van der Waals surface area contributed by atoms with E-state index in [4.69, 9.17) is 0 Å². The normalized spacial score (nSPS) is 39.6. The minimum atomic E-state index is -3.15. The van der Waals surface area contributed by atoms with Crippen molar-refractivity contribution in [1.29, 1.82) is 0 Å². The molecule has 0 unspecified atom stereocenters. The fourth-order valence-electron chi connectivity index (χ4n) is 5.10. The number of sulfonamides is 1. The molecule has 4 bridgehead atoms. The predicted molar refractivity (Wildman–Crippen MR) is 81.0 cm³/mol. The van der Waals surface area contributed by atoms with Gasteiger partial charge in [0.1, 0.15) is 0 Å². The van der Waals surface area contributed by atoms with Crippen molar-refractivity contribution in [2.75, 3.05) is 12.3 Å². The molecule has 20 heavy (non-hydrogen) atoms. The summed E-state index contributed by atoms with van der Waals surface area (Å²) in [5.74, 6) is 2.53. The molecule has 116 valence electrons. The monoisotopic (exact) mass is 300 g/mol. The van der Waals surface area contributed by atoms with Crippen molar-refractivity contribution < 1.29 is 8.42 Å². The number of nitrogens with one attached hydrogen (secondary N) is 2. The van der Waals surface area contributed by atoms with Gasteiger partial charge in [0.25, 0.3) is 0 Å². The van der Waals surface area contributed by atoms with E-state index in [2.05, 4.69) is 10.0 Å². The molecule has 0 aromatic rings. The summed E-state index contributed by atoms with van der Waals surface area (Å²) in [7, 11) is -3.15. The van der Waals surface area contributed by atoms with Crippen molar-refractivity contribution in [2.24, 2.45) is 17.8 Å². The van der Waals surface area contributed by atoms with Crippen LogP contribution in [0.3, 0.4) is 0 Å². The molecule has 5 heteroatoms. The Balaban J connectivity index is 1.62. The Labute approximate surface area is 123 Å². The largest absolute Gasteiger partial charge is 0.313 e. The number of hydrogen-bond donors (Lipinski definition) is 2. The molecule has 2 N–H and O–H groups in total. The van der Waals surface area contributed by atoms with E-state index in [9.17, 15) is 8.42 Å². The van der Waals surface area contributed by atoms with Crippen LogP contribution in [0.25, 0.3) is 0 Å². The van der Waals surface area contributed by atoms with Crippen LogP contribution in [0, 0.1) is 17.8 Å². The Hall–Kier alpha value is -0.130. The van der Waals surface area contributed by atoms with E-state index in [1.807, 2.05) is 13.8 Å². The van der Waals surface area contributed by atoms with Gasteiger partial charge in [0.05, 0.1) is 5.75 Å². The Morgan fingerprint density at radius 1 is 1.05 bits per heavy atom. The van der Waals surface area contributed by atoms with Crippen LogP contribution in [0.15, 0.2) is 0 Å². The van der Waals surface area contributed by atoms with Crippen LogP contribution in [0.5, 0.6) is 0 Å². The van der Waals surface area contributed by atoms with E-state index in [-0.39, 0.29) is 11.3 Å². The van der Waals surface area contributed by atoms with Crippen LogP contribution in [-0.4, -0.2) is 32.3 Å². The summed E-state index contributed by atoms with van der Waals surface area (Å²) in [6.07, 6.45) is 7.27. The van der Waals surface area contributed by atoms with Gasteiger partial charge in [0, 0.05) is 18.1 Å². The van der Waals surface area contributed by atoms with E-state index in [0.717, 1.165) is 37.0 Å². The molecule has 0 aliphatic heterocycles. The molecule has 4 fully saturated rings. The van der Waals surface area contributed by atoms with Gasteiger partial charge in [0.2, 0.25) is 10.0 Å². The third-order valence-electron chi connectivity index (χ3n) is 5.33. The second-order valence-corrected chi connectivity index (χ2v) is 9.57. The molecule has 0 amide bonds. The molecule has 4 nitrogen and oxygen atoms in total. The van der Waals surface area contributed by atoms with Crippen molar-refractivity contribution in [3.05, 3.63) is 0 Å². The van der Waals surface area contributed by atoms with Crippen LogP contribution in [0.4, 0.5) is 0 Å².